The van der Waals surface area contributed by atoms with E-state index in [0.29, 0.717) is 0 Å². The predicted octanol–water partition coefficient (Wildman–Crippen LogP) is 0.235. The summed E-state index contributed by atoms with van der Waals surface area (Å²) in [5.41, 5.74) is -0.411. The lowest BCUT2D eigenvalue weighted by Gasteiger charge is -2.27. The zero-order valence-corrected chi connectivity index (χ0v) is 10.3. The molecule has 1 aliphatic rings. The van der Waals surface area contributed by atoms with Crippen molar-refractivity contribution in [3.05, 3.63) is 34.4 Å². The van der Waals surface area contributed by atoms with Crippen molar-refractivity contribution < 1.29 is 13.3 Å². The van der Waals surface area contributed by atoms with Crippen molar-refractivity contribution in [1.82, 2.24) is 10.0 Å². The molecule has 0 radical (unpaired) electrons. The first-order valence-corrected chi connectivity index (χ1v) is 6.95. The number of benzene rings is 1. The molecule has 1 unspecified atom stereocenters. The van der Waals surface area contributed by atoms with Crippen LogP contribution in [-0.2, 0) is 10.0 Å². The van der Waals surface area contributed by atoms with Crippen LogP contribution in [-0.4, -0.2) is 32.5 Å². The normalized spacial score (nSPS) is 19.2. The minimum absolute atomic E-state index is 0.113. The number of rotatable bonds is 5. The van der Waals surface area contributed by atoms with Gasteiger partial charge in [-0.05, 0) is 19.0 Å². The van der Waals surface area contributed by atoms with Gasteiger partial charge in [0, 0.05) is 18.7 Å². The van der Waals surface area contributed by atoms with E-state index in [-0.39, 0.29) is 17.5 Å². The predicted molar refractivity (Wildman–Crippen MR) is 64.7 cm³/mol. The highest BCUT2D eigenvalue weighted by Gasteiger charge is 2.26. The average Bonchev–Trinajstić information content (AvgIpc) is 2.26. The van der Waals surface area contributed by atoms with E-state index in [4.69, 9.17) is 0 Å². The summed E-state index contributed by atoms with van der Waals surface area (Å²) in [5.74, 6) is 0. The Kier molecular flexibility index (Phi) is 3.60. The van der Waals surface area contributed by atoms with Crippen molar-refractivity contribution in [2.24, 2.45) is 0 Å². The molecule has 0 aliphatic carbocycles. The number of nitrogens with zero attached hydrogens (tertiary/aromatic N) is 1. The molecular weight excluding hydrogens is 258 g/mol. The van der Waals surface area contributed by atoms with Crippen LogP contribution in [0.3, 0.4) is 0 Å². The van der Waals surface area contributed by atoms with Crippen molar-refractivity contribution in [1.29, 1.82) is 0 Å². The third kappa shape index (κ3) is 2.66. The summed E-state index contributed by atoms with van der Waals surface area (Å²) in [4.78, 5) is 9.78. The largest absolute Gasteiger partial charge is 0.313 e. The number of hydrogen-bond donors (Lipinski definition) is 2. The zero-order chi connectivity index (χ0) is 13.2. The first kappa shape index (κ1) is 12.9. The molecule has 2 rings (SSSR count). The van der Waals surface area contributed by atoms with Gasteiger partial charge in [0.25, 0.3) is 5.69 Å². The fourth-order valence-electron chi connectivity index (χ4n) is 1.65. The summed E-state index contributed by atoms with van der Waals surface area (Å²) >= 11 is 0. The first-order chi connectivity index (χ1) is 8.50. The van der Waals surface area contributed by atoms with Crippen LogP contribution >= 0.6 is 0 Å². The van der Waals surface area contributed by atoms with E-state index in [1.807, 2.05) is 0 Å². The number of sulfonamides is 1. The molecule has 0 aromatic heterocycles. The van der Waals surface area contributed by atoms with E-state index in [1.165, 1.54) is 24.3 Å². The average molecular weight is 271 g/mol. The van der Waals surface area contributed by atoms with Gasteiger partial charge in [0.1, 0.15) is 0 Å². The zero-order valence-electron chi connectivity index (χ0n) is 9.50. The quantitative estimate of drug-likeness (QED) is 0.590. The maximum atomic E-state index is 12.0. The lowest BCUT2D eigenvalue weighted by Crippen LogP contribution is -2.50. The van der Waals surface area contributed by atoms with Crippen molar-refractivity contribution in [2.45, 2.75) is 17.4 Å². The lowest BCUT2D eigenvalue weighted by molar-refractivity contribution is -0.387. The van der Waals surface area contributed by atoms with Gasteiger partial charge in [-0.2, -0.15) is 0 Å². The van der Waals surface area contributed by atoms with E-state index in [2.05, 4.69) is 10.0 Å². The molecule has 2 N–H and O–H groups in total. The molecule has 0 bridgehead atoms. The minimum Gasteiger partial charge on any atom is -0.313 e. The Morgan fingerprint density at radius 2 is 2.11 bits per heavy atom. The summed E-state index contributed by atoms with van der Waals surface area (Å²) in [6.07, 6.45) is 0.902. The fraction of sp³-hybridized carbons (Fsp3) is 0.400. The Hall–Kier alpha value is -1.51. The van der Waals surface area contributed by atoms with E-state index in [1.54, 1.807) is 0 Å². The van der Waals surface area contributed by atoms with Crippen LogP contribution in [0.1, 0.15) is 6.42 Å². The van der Waals surface area contributed by atoms with Gasteiger partial charge in [-0.1, -0.05) is 12.1 Å². The Labute approximate surface area is 104 Å². The molecule has 98 valence electrons. The highest BCUT2D eigenvalue weighted by molar-refractivity contribution is 7.89. The Morgan fingerprint density at radius 3 is 2.67 bits per heavy atom. The number of hydrogen-bond acceptors (Lipinski definition) is 5. The van der Waals surface area contributed by atoms with Gasteiger partial charge in [0.15, 0.2) is 4.90 Å². The van der Waals surface area contributed by atoms with Crippen LogP contribution in [0.5, 0.6) is 0 Å². The smallest absolute Gasteiger partial charge is 0.289 e. The second kappa shape index (κ2) is 5.01. The van der Waals surface area contributed by atoms with Gasteiger partial charge in [-0.3, -0.25) is 10.1 Å². The summed E-state index contributed by atoms with van der Waals surface area (Å²) < 4.78 is 26.3. The Balaban J connectivity index is 2.20. The third-order valence-electron chi connectivity index (χ3n) is 2.80. The fourth-order valence-corrected chi connectivity index (χ4v) is 2.90. The molecule has 0 spiro atoms. The molecule has 0 amide bonds. The number of nitrogens with one attached hydrogen (secondary N) is 2. The van der Waals surface area contributed by atoms with Crippen LogP contribution in [0.15, 0.2) is 29.2 Å². The maximum absolute atomic E-state index is 12.0. The minimum atomic E-state index is -3.84. The summed E-state index contributed by atoms with van der Waals surface area (Å²) in [6.45, 7) is 1.12. The second-order valence-corrected chi connectivity index (χ2v) is 5.75. The van der Waals surface area contributed by atoms with Gasteiger partial charge in [-0.15, -0.1) is 0 Å². The molecule has 1 aromatic carbocycles. The monoisotopic (exact) mass is 271 g/mol. The Morgan fingerprint density at radius 1 is 1.44 bits per heavy atom. The van der Waals surface area contributed by atoms with Crippen molar-refractivity contribution >= 4 is 15.7 Å². The van der Waals surface area contributed by atoms with Gasteiger partial charge in [-0.25, -0.2) is 13.1 Å². The van der Waals surface area contributed by atoms with E-state index in [0.717, 1.165) is 13.0 Å². The van der Waals surface area contributed by atoms with Crippen LogP contribution in [0.4, 0.5) is 5.69 Å². The summed E-state index contributed by atoms with van der Waals surface area (Å²) in [7, 11) is -3.84. The molecule has 18 heavy (non-hydrogen) atoms. The molecule has 0 saturated carbocycles. The van der Waals surface area contributed by atoms with Crippen LogP contribution in [0.2, 0.25) is 0 Å². The van der Waals surface area contributed by atoms with Crippen molar-refractivity contribution in [3.8, 4) is 0 Å². The molecule has 1 aromatic rings. The van der Waals surface area contributed by atoms with Crippen LogP contribution < -0.4 is 10.0 Å². The number of nitro groups is 1. The van der Waals surface area contributed by atoms with Crippen LogP contribution in [0.25, 0.3) is 0 Å². The highest BCUT2D eigenvalue weighted by atomic mass is 32.2. The number of para-hydroxylation sites is 1. The Bertz CT molecular complexity index is 554. The van der Waals surface area contributed by atoms with Gasteiger partial charge in [0.05, 0.1) is 4.92 Å². The topological polar surface area (TPSA) is 101 Å². The molecule has 1 saturated heterocycles. The molecule has 1 aliphatic heterocycles. The maximum Gasteiger partial charge on any atom is 0.289 e. The third-order valence-corrected chi connectivity index (χ3v) is 4.27. The molecule has 1 fully saturated rings. The molecule has 1 atom stereocenters. The lowest BCUT2D eigenvalue weighted by atomic mass is 10.1. The highest BCUT2D eigenvalue weighted by Crippen LogP contribution is 2.22. The first-order valence-electron chi connectivity index (χ1n) is 5.47. The van der Waals surface area contributed by atoms with Crippen molar-refractivity contribution in [3.63, 3.8) is 0 Å². The van der Waals surface area contributed by atoms with E-state index < -0.39 is 20.6 Å². The van der Waals surface area contributed by atoms with Gasteiger partial charge < -0.3 is 5.32 Å². The molecular formula is C10H13N3O4S. The second-order valence-electron chi connectivity index (χ2n) is 4.02. The van der Waals surface area contributed by atoms with Crippen LogP contribution in [0, 0.1) is 10.1 Å². The van der Waals surface area contributed by atoms with Gasteiger partial charge in [0.2, 0.25) is 10.0 Å². The molecule has 7 nitrogen and oxygen atoms in total. The number of nitro benzene ring substituents is 1. The molecule has 1 heterocycles. The van der Waals surface area contributed by atoms with Gasteiger partial charge >= 0.3 is 0 Å². The summed E-state index contributed by atoms with van der Waals surface area (Å²) in [5, 5.41) is 13.8. The molecule has 8 heteroatoms. The summed E-state index contributed by atoms with van der Waals surface area (Å²) in [6, 6.07) is 5.42. The SMILES string of the molecule is O=[N+]([O-])c1ccccc1S(=O)(=O)NCC1CCN1. The van der Waals surface area contributed by atoms with E-state index in [9.17, 15) is 18.5 Å². The van der Waals surface area contributed by atoms with E-state index >= 15 is 0 Å². The standard InChI is InChI=1S/C10H13N3O4S/c14-13(15)9-3-1-2-4-10(9)18(16,17)12-7-8-5-6-11-8/h1-4,8,11-12H,5-7H2. The van der Waals surface area contributed by atoms with Crippen molar-refractivity contribution in [2.75, 3.05) is 13.1 Å².